The first-order chi connectivity index (χ1) is 12.7. The van der Waals surface area contributed by atoms with Gasteiger partial charge in [-0.25, -0.2) is 4.79 Å². The van der Waals surface area contributed by atoms with Gasteiger partial charge >= 0.3 is 5.97 Å². The molecular formula is C22H26ClNO3. The molecule has 1 aromatic rings. The van der Waals surface area contributed by atoms with Crippen LogP contribution in [-0.4, -0.2) is 24.1 Å². The third kappa shape index (κ3) is 4.01. The van der Waals surface area contributed by atoms with Crippen molar-refractivity contribution >= 4 is 29.1 Å². The number of esters is 1. The molecule has 0 bridgehead atoms. The van der Waals surface area contributed by atoms with Gasteiger partial charge in [-0.15, -0.1) is 0 Å². The first-order valence-electron chi connectivity index (χ1n) is 9.47. The summed E-state index contributed by atoms with van der Waals surface area (Å²) in [5, 5.41) is 0.582. The highest BCUT2D eigenvalue weighted by Crippen LogP contribution is 2.47. The maximum Gasteiger partial charge on any atom is 0.336 e. The highest BCUT2D eigenvalue weighted by molar-refractivity contribution is 6.30. The summed E-state index contributed by atoms with van der Waals surface area (Å²) in [6.07, 6.45) is 1.96. The van der Waals surface area contributed by atoms with Gasteiger partial charge in [0, 0.05) is 28.8 Å². The van der Waals surface area contributed by atoms with E-state index in [1.807, 2.05) is 32.0 Å². The number of benzene rings is 1. The van der Waals surface area contributed by atoms with Gasteiger partial charge in [0.25, 0.3) is 0 Å². The first-order valence-corrected chi connectivity index (χ1v) is 9.85. The van der Waals surface area contributed by atoms with Gasteiger partial charge in [-0.05, 0) is 42.9 Å². The molecule has 0 spiro atoms. The lowest BCUT2D eigenvalue weighted by atomic mass is 9.63. The molecule has 1 aromatic carbocycles. The van der Waals surface area contributed by atoms with E-state index in [2.05, 4.69) is 13.8 Å². The summed E-state index contributed by atoms with van der Waals surface area (Å²) >= 11 is 6.22. The highest BCUT2D eigenvalue weighted by Gasteiger charge is 2.47. The summed E-state index contributed by atoms with van der Waals surface area (Å²) in [5.41, 5.74) is 2.72. The molecule has 4 nitrogen and oxygen atoms in total. The zero-order chi connectivity index (χ0) is 19.8. The van der Waals surface area contributed by atoms with Crippen LogP contribution in [0, 0.1) is 11.3 Å². The van der Waals surface area contributed by atoms with Gasteiger partial charge in [-0.1, -0.05) is 44.5 Å². The number of ketones is 1. The molecule has 0 radical (unpaired) electrons. The number of hydrogen-bond acceptors (Lipinski definition) is 4. The quantitative estimate of drug-likeness (QED) is 0.674. The summed E-state index contributed by atoms with van der Waals surface area (Å²) in [6, 6.07) is 7.40. The monoisotopic (exact) mass is 387 g/mol. The van der Waals surface area contributed by atoms with Crippen molar-refractivity contribution in [3.63, 3.8) is 0 Å². The van der Waals surface area contributed by atoms with Crippen molar-refractivity contribution < 1.29 is 14.3 Å². The van der Waals surface area contributed by atoms with Gasteiger partial charge in [-0.2, -0.15) is 0 Å². The van der Waals surface area contributed by atoms with Crippen LogP contribution in [0.5, 0.6) is 0 Å². The molecule has 1 heterocycles. The van der Waals surface area contributed by atoms with Crippen LogP contribution in [0.1, 0.15) is 58.4 Å². The Hall–Kier alpha value is -1.94. The molecule has 27 heavy (non-hydrogen) atoms. The summed E-state index contributed by atoms with van der Waals surface area (Å²) in [4.78, 5) is 30.7. The van der Waals surface area contributed by atoms with E-state index in [0.717, 1.165) is 24.1 Å². The predicted octanol–water partition coefficient (Wildman–Crippen LogP) is 5.11. The van der Waals surface area contributed by atoms with E-state index >= 15 is 0 Å². The van der Waals surface area contributed by atoms with E-state index < -0.39 is 11.8 Å². The Balaban J connectivity index is 2.14. The molecule has 2 atom stereocenters. The number of hydrogen-bond donors (Lipinski definition) is 0. The number of Topliss-reactive ketones (excluding diaryl/α,β-unsaturated/α-hetero) is 1. The zero-order valence-corrected chi connectivity index (χ0v) is 17.1. The molecule has 1 aliphatic carbocycles. The van der Waals surface area contributed by atoms with Crippen molar-refractivity contribution in [2.75, 3.05) is 6.61 Å². The smallest absolute Gasteiger partial charge is 0.336 e. The Morgan fingerprint density at radius 1 is 1.30 bits per heavy atom. The lowest BCUT2D eigenvalue weighted by Crippen LogP contribution is -2.44. The van der Waals surface area contributed by atoms with Gasteiger partial charge in [-0.3, -0.25) is 9.79 Å². The third-order valence-electron chi connectivity index (χ3n) is 5.23. The summed E-state index contributed by atoms with van der Waals surface area (Å²) in [7, 11) is 0. The summed E-state index contributed by atoms with van der Waals surface area (Å²) in [6.45, 7) is 8.30. The molecule has 1 aliphatic heterocycles. The van der Waals surface area contributed by atoms with Gasteiger partial charge in [0.05, 0.1) is 18.1 Å². The maximum atomic E-state index is 13.1. The average molecular weight is 388 g/mol. The van der Waals surface area contributed by atoms with E-state index in [4.69, 9.17) is 21.3 Å². The number of halogens is 1. The van der Waals surface area contributed by atoms with Crippen LogP contribution in [0.15, 0.2) is 40.5 Å². The van der Waals surface area contributed by atoms with Crippen molar-refractivity contribution in [1.29, 1.82) is 0 Å². The van der Waals surface area contributed by atoms with Crippen LogP contribution in [0.25, 0.3) is 0 Å². The van der Waals surface area contributed by atoms with Crippen LogP contribution in [-0.2, 0) is 14.3 Å². The number of ether oxygens (including phenoxy) is 1. The normalized spacial score (nSPS) is 24.3. The van der Waals surface area contributed by atoms with Crippen LogP contribution in [0.2, 0.25) is 5.02 Å². The summed E-state index contributed by atoms with van der Waals surface area (Å²) < 4.78 is 5.43. The Morgan fingerprint density at radius 3 is 2.70 bits per heavy atom. The minimum atomic E-state index is -0.427. The van der Waals surface area contributed by atoms with Crippen LogP contribution < -0.4 is 0 Å². The second-order valence-corrected chi connectivity index (χ2v) is 8.67. The largest absolute Gasteiger partial charge is 0.462 e. The van der Waals surface area contributed by atoms with E-state index in [1.165, 1.54) is 0 Å². The van der Waals surface area contributed by atoms with Crippen molar-refractivity contribution in [3.05, 3.63) is 46.1 Å². The Labute approximate surface area is 165 Å². The molecule has 1 saturated carbocycles. The molecular weight excluding hydrogens is 362 g/mol. The molecule has 2 unspecified atom stereocenters. The van der Waals surface area contributed by atoms with Crippen LogP contribution in [0.4, 0.5) is 0 Å². The number of carbonyl (C=O) groups excluding carboxylic acids is 2. The minimum Gasteiger partial charge on any atom is -0.462 e. The van der Waals surface area contributed by atoms with Gasteiger partial charge in [0.1, 0.15) is 5.78 Å². The fraction of sp³-hybridized carbons (Fsp3) is 0.500. The van der Waals surface area contributed by atoms with E-state index in [9.17, 15) is 9.59 Å². The molecule has 0 N–H and O–H groups in total. The number of carbonyl (C=O) groups is 2. The van der Waals surface area contributed by atoms with Crippen LogP contribution >= 0.6 is 11.6 Å². The van der Waals surface area contributed by atoms with Gasteiger partial charge in [0.15, 0.2) is 0 Å². The van der Waals surface area contributed by atoms with Gasteiger partial charge in [0.2, 0.25) is 0 Å². The van der Waals surface area contributed by atoms with Gasteiger partial charge < -0.3 is 4.74 Å². The lowest BCUT2D eigenvalue weighted by molar-refractivity contribution is -0.139. The molecule has 0 amide bonds. The van der Waals surface area contributed by atoms with Crippen molar-refractivity contribution in [1.82, 2.24) is 0 Å². The maximum absolute atomic E-state index is 13.1. The third-order valence-corrected chi connectivity index (χ3v) is 5.46. The molecule has 144 valence electrons. The van der Waals surface area contributed by atoms with E-state index in [1.54, 1.807) is 6.07 Å². The number of allylic oxidation sites excluding steroid dienone is 1. The second-order valence-electron chi connectivity index (χ2n) is 8.23. The molecule has 1 fully saturated rings. The molecule has 3 rings (SSSR count). The van der Waals surface area contributed by atoms with Crippen molar-refractivity contribution in [2.45, 2.75) is 52.9 Å². The topological polar surface area (TPSA) is 55.7 Å². The second kappa shape index (κ2) is 7.59. The molecule has 2 aliphatic rings. The highest BCUT2D eigenvalue weighted by atomic mass is 35.5. The van der Waals surface area contributed by atoms with Crippen LogP contribution in [0.3, 0.4) is 0 Å². The zero-order valence-electron chi connectivity index (χ0n) is 16.3. The van der Waals surface area contributed by atoms with E-state index in [-0.39, 0.29) is 17.2 Å². The number of aliphatic imine (C=N–C) groups is 1. The SMILES string of the molecule is CCCOC(=O)C1=C(C)N=C2CC(C)(C)CC(=O)C2C1c1cccc(Cl)c1. The Kier molecular flexibility index (Phi) is 5.57. The van der Waals surface area contributed by atoms with E-state index in [0.29, 0.717) is 29.3 Å². The molecule has 0 saturated heterocycles. The molecule has 5 heteroatoms. The summed E-state index contributed by atoms with van der Waals surface area (Å²) in [5.74, 6) is -1.09. The number of fused-ring (bicyclic) bond motifs is 1. The fourth-order valence-electron chi connectivity index (χ4n) is 4.19. The average Bonchev–Trinajstić information content (AvgIpc) is 2.57. The Bertz CT molecular complexity index is 838. The first kappa shape index (κ1) is 19.8. The molecule has 0 aromatic heterocycles. The van der Waals surface area contributed by atoms with Crippen molar-refractivity contribution in [3.8, 4) is 0 Å². The standard InChI is InChI=1S/C22H26ClNO3/c1-5-9-27-21(26)18-13(2)24-16-11-22(3,4)12-17(25)20(16)19(18)14-7-6-8-15(23)10-14/h6-8,10,19-20H,5,9,11-12H2,1-4H3. The van der Waals surface area contributed by atoms with Crippen molar-refractivity contribution in [2.24, 2.45) is 16.3 Å². The minimum absolute atomic E-state index is 0.119. The number of nitrogens with zero attached hydrogens (tertiary/aromatic N) is 1. The lowest BCUT2D eigenvalue weighted by Gasteiger charge is -2.41. The predicted molar refractivity (Wildman–Crippen MR) is 107 cm³/mol. The number of rotatable bonds is 4. The fourth-order valence-corrected chi connectivity index (χ4v) is 4.39. The Morgan fingerprint density at radius 2 is 2.04 bits per heavy atom.